The summed E-state index contributed by atoms with van der Waals surface area (Å²) in [5, 5.41) is 6.47. The summed E-state index contributed by atoms with van der Waals surface area (Å²) in [6.45, 7) is 4.08. The lowest BCUT2D eigenvalue weighted by molar-refractivity contribution is -0.130. The van der Waals surface area contributed by atoms with Crippen molar-refractivity contribution in [3.05, 3.63) is 0 Å². The molecule has 2 saturated heterocycles. The lowest BCUT2D eigenvalue weighted by Gasteiger charge is -2.35. The van der Waals surface area contributed by atoms with Gasteiger partial charge in [0.2, 0.25) is 11.8 Å². The van der Waals surface area contributed by atoms with Crippen molar-refractivity contribution in [2.24, 2.45) is 0 Å². The minimum atomic E-state index is 0.162. The molecule has 2 amide bonds. The highest BCUT2D eigenvalue weighted by molar-refractivity contribution is 5.76. The number of amides is 2. The molecular formula is C12H21N3O2. The van der Waals surface area contributed by atoms with E-state index in [1.165, 1.54) is 0 Å². The number of likely N-dealkylation sites (tertiary alicyclic amines) is 1. The molecule has 0 aromatic carbocycles. The van der Waals surface area contributed by atoms with Gasteiger partial charge in [-0.2, -0.15) is 0 Å². The van der Waals surface area contributed by atoms with E-state index in [0.29, 0.717) is 18.5 Å². The number of piperidine rings is 2. The minimum absolute atomic E-state index is 0.162. The molecule has 2 aliphatic rings. The minimum Gasteiger partial charge on any atom is -0.355 e. The largest absolute Gasteiger partial charge is 0.355 e. The standard InChI is InChI=1S/C12H21N3O2/c1-9(16)15-6-4-10(5-7-15)14-11-2-3-12(17)13-8-11/h10-11,14H,2-8H2,1H3,(H,13,17). The van der Waals surface area contributed by atoms with Crippen LogP contribution >= 0.6 is 0 Å². The number of carbonyl (C=O) groups excluding carboxylic acids is 2. The Labute approximate surface area is 102 Å². The van der Waals surface area contributed by atoms with Gasteiger partial charge in [0, 0.05) is 45.1 Å². The molecule has 2 rings (SSSR count). The molecule has 5 nitrogen and oxygen atoms in total. The highest BCUT2D eigenvalue weighted by Crippen LogP contribution is 2.13. The second-order valence-electron chi connectivity index (χ2n) is 4.99. The average molecular weight is 239 g/mol. The summed E-state index contributed by atoms with van der Waals surface area (Å²) in [6.07, 6.45) is 3.59. The van der Waals surface area contributed by atoms with E-state index in [9.17, 15) is 9.59 Å². The van der Waals surface area contributed by atoms with Gasteiger partial charge in [-0.1, -0.05) is 0 Å². The van der Waals surface area contributed by atoms with Crippen LogP contribution in [0.1, 0.15) is 32.6 Å². The summed E-state index contributed by atoms with van der Waals surface area (Å²) in [4.78, 5) is 24.1. The number of hydrogen-bond donors (Lipinski definition) is 2. The molecule has 1 unspecified atom stereocenters. The lowest BCUT2D eigenvalue weighted by Crippen LogP contribution is -2.52. The molecule has 96 valence electrons. The molecule has 5 heteroatoms. The van der Waals surface area contributed by atoms with Gasteiger partial charge < -0.3 is 15.5 Å². The quantitative estimate of drug-likeness (QED) is 0.705. The molecule has 17 heavy (non-hydrogen) atoms. The summed E-state index contributed by atoms with van der Waals surface area (Å²) in [7, 11) is 0. The summed E-state index contributed by atoms with van der Waals surface area (Å²) in [6, 6.07) is 0.896. The first kappa shape index (κ1) is 12.4. The van der Waals surface area contributed by atoms with Gasteiger partial charge in [0.05, 0.1) is 0 Å². The predicted octanol–water partition coefficient (Wildman–Crippen LogP) is -0.134. The number of carbonyl (C=O) groups is 2. The summed E-state index contributed by atoms with van der Waals surface area (Å²) >= 11 is 0. The van der Waals surface area contributed by atoms with E-state index in [1.54, 1.807) is 6.92 Å². The number of rotatable bonds is 2. The molecule has 0 aromatic rings. The Morgan fingerprint density at radius 2 is 2.00 bits per heavy atom. The highest BCUT2D eigenvalue weighted by Gasteiger charge is 2.24. The van der Waals surface area contributed by atoms with Crippen molar-refractivity contribution in [3.63, 3.8) is 0 Å². The SMILES string of the molecule is CC(=O)N1CCC(NC2CCC(=O)NC2)CC1. The zero-order valence-electron chi connectivity index (χ0n) is 10.4. The molecule has 0 aliphatic carbocycles. The van der Waals surface area contributed by atoms with Gasteiger partial charge >= 0.3 is 0 Å². The van der Waals surface area contributed by atoms with E-state index < -0.39 is 0 Å². The van der Waals surface area contributed by atoms with E-state index in [-0.39, 0.29) is 11.8 Å². The van der Waals surface area contributed by atoms with Crippen LogP contribution in [-0.4, -0.2) is 48.4 Å². The van der Waals surface area contributed by atoms with Crippen molar-refractivity contribution < 1.29 is 9.59 Å². The van der Waals surface area contributed by atoms with Crippen LogP contribution in [0, 0.1) is 0 Å². The normalized spacial score (nSPS) is 26.8. The average Bonchev–Trinajstić information content (AvgIpc) is 2.33. The number of nitrogens with zero attached hydrogens (tertiary/aromatic N) is 1. The first-order valence-electron chi connectivity index (χ1n) is 6.43. The van der Waals surface area contributed by atoms with Crippen LogP contribution < -0.4 is 10.6 Å². The van der Waals surface area contributed by atoms with Gasteiger partial charge in [0.25, 0.3) is 0 Å². The van der Waals surface area contributed by atoms with Crippen molar-refractivity contribution in [2.45, 2.75) is 44.7 Å². The van der Waals surface area contributed by atoms with Gasteiger partial charge in [0.1, 0.15) is 0 Å². The maximum atomic E-state index is 11.2. The van der Waals surface area contributed by atoms with Crippen molar-refractivity contribution >= 4 is 11.8 Å². The predicted molar refractivity (Wildman–Crippen MR) is 64.4 cm³/mol. The third-order valence-electron chi connectivity index (χ3n) is 3.68. The second-order valence-corrected chi connectivity index (χ2v) is 4.99. The van der Waals surface area contributed by atoms with Crippen LogP contribution in [0.5, 0.6) is 0 Å². The Morgan fingerprint density at radius 3 is 2.53 bits per heavy atom. The van der Waals surface area contributed by atoms with Crippen LogP contribution in [0.2, 0.25) is 0 Å². The maximum Gasteiger partial charge on any atom is 0.220 e. The third kappa shape index (κ3) is 3.43. The Bertz CT molecular complexity index is 288. The zero-order chi connectivity index (χ0) is 12.3. The van der Waals surface area contributed by atoms with Gasteiger partial charge in [-0.3, -0.25) is 9.59 Å². The Morgan fingerprint density at radius 1 is 1.29 bits per heavy atom. The summed E-state index contributed by atoms with van der Waals surface area (Å²) < 4.78 is 0. The Hall–Kier alpha value is -1.10. The van der Waals surface area contributed by atoms with Gasteiger partial charge in [-0.05, 0) is 19.3 Å². The molecule has 2 heterocycles. The molecule has 2 aliphatic heterocycles. The fraction of sp³-hybridized carbons (Fsp3) is 0.833. The van der Waals surface area contributed by atoms with E-state index in [2.05, 4.69) is 10.6 Å². The van der Waals surface area contributed by atoms with Crippen molar-refractivity contribution in [2.75, 3.05) is 19.6 Å². The Kier molecular flexibility index (Phi) is 3.99. The topological polar surface area (TPSA) is 61.4 Å². The summed E-state index contributed by atoms with van der Waals surface area (Å²) in [5.41, 5.74) is 0. The van der Waals surface area contributed by atoms with Gasteiger partial charge in [-0.15, -0.1) is 0 Å². The first-order valence-corrected chi connectivity index (χ1v) is 6.43. The molecule has 1 atom stereocenters. The fourth-order valence-corrected chi connectivity index (χ4v) is 2.57. The van der Waals surface area contributed by atoms with E-state index >= 15 is 0 Å². The third-order valence-corrected chi connectivity index (χ3v) is 3.68. The van der Waals surface area contributed by atoms with Crippen LogP contribution in [0.15, 0.2) is 0 Å². The smallest absolute Gasteiger partial charge is 0.220 e. The first-order chi connectivity index (χ1) is 8.15. The van der Waals surface area contributed by atoms with Gasteiger partial charge in [0.15, 0.2) is 0 Å². The van der Waals surface area contributed by atoms with E-state index in [4.69, 9.17) is 0 Å². The Balaban J connectivity index is 1.71. The molecule has 0 saturated carbocycles. The monoisotopic (exact) mass is 239 g/mol. The molecule has 0 radical (unpaired) electrons. The number of nitrogens with one attached hydrogen (secondary N) is 2. The van der Waals surface area contributed by atoms with E-state index in [1.807, 2.05) is 4.90 Å². The molecular weight excluding hydrogens is 218 g/mol. The molecule has 2 fully saturated rings. The van der Waals surface area contributed by atoms with Crippen LogP contribution in [-0.2, 0) is 9.59 Å². The lowest BCUT2D eigenvalue weighted by atomic mass is 10.0. The fourth-order valence-electron chi connectivity index (χ4n) is 2.57. The van der Waals surface area contributed by atoms with Gasteiger partial charge in [-0.25, -0.2) is 0 Å². The van der Waals surface area contributed by atoms with Crippen molar-refractivity contribution in [1.29, 1.82) is 0 Å². The highest BCUT2D eigenvalue weighted by atomic mass is 16.2. The van der Waals surface area contributed by atoms with Crippen LogP contribution in [0.4, 0.5) is 0 Å². The van der Waals surface area contributed by atoms with Crippen molar-refractivity contribution in [1.82, 2.24) is 15.5 Å². The van der Waals surface area contributed by atoms with Crippen LogP contribution in [0.3, 0.4) is 0 Å². The molecule has 0 spiro atoms. The molecule has 0 aromatic heterocycles. The van der Waals surface area contributed by atoms with Crippen molar-refractivity contribution in [3.8, 4) is 0 Å². The maximum absolute atomic E-state index is 11.2. The molecule has 0 bridgehead atoms. The zero-order valence-corrected chi connectivity index (χ0v) is 10.4. The van der Waals surface area contributed by atoms with Crippen LogP contribution in [0.25, 0.3) is 0 Å². The van der Waals surface area contributed by atoms with E-state index in [0.717, 1.165) is 38.9 Å². The summed E-state index contributed by atoms with van der Waals surface area (Å²) in [5.74, 6) is 0.336. The molecule has 2 N–H and O–H groups in total. The second kappa shape index (κ2) is 5.49. The number of hydrogen-bond acceptors (Lipinski definition) is 3.